The number of hydrogen-bond acceptors (Lipinski definition) is 4. The van der Waals surface area contributed by atoms with Crippen molar-refractivity contribution in [3.63, 3.8) is 0 Å². The molecule has 3 N–H and O–H groups in total. The molecule has 0 radical (unpaired) electrons. The fourth-order valence-electron chi connectivity index (χ4n) is 2.91. The number of aromatic nitrogens is 1. The Labute approximate surface area is 189 Å². The van der Waals surface area contributed by atoms with Crippen LogP contribution in [0.3, 0.4) is 0 Å². The molecule has 0 aliphatic rings. The molecule has 0 bridgehead atoms. The molecule has 0 atom stereocenters. The number of methoxy groups -OCH3 is 1. The lowest BCUT2D eigenvalue weighted by atomic mass is 10.0. The maximum atomic E-state index is 6.30. The van der Waals surface area contributed by atoms with Gasteiger partial charge in [-0.25, -0.2) is 9.98 Å². The molecule has 0 aliphatic heterocycles. The van der Waals surface area contributed by atoms with Gasteiger partial charge in [-0.15, -0.1) is 0 Å². The van der Waals surface area contributed by atoms with Crippen LogP contribution in [0.5, 0.6) is 5.75 Å². The van der Waals surface area contributed by atoms with Crippen LogP contribution in [0, 0.1) is 6.92 Å². The van der Waals surface area contributed by atoms with E-state index < -0.39 is 0 Å². The standard InChI is InChI=1S/C23H23ClN4O.C2H6/c1-4-6-20-15(2)21(22(25)27-17-9-11-19(29-3)12-10-17)14-26-23(20)28-18-8-5-7-16(24)13-18;1-2/h4-14H,1-3H3,(H2,25,27)(H,26,28);1-2H3/b6-4-;. The first-order chi connectivity index (χ1) is 15.0. The molecule has 0 aliphatic carbocycles. The summed E-state index contributed by atoms with van der Waals surface area (Å²) in [6.45, 7) is 7.97. The minimum atomic E-state index is 0.403. The van der Waals surface area contributed by atoms with Crippen molar-refractivity contribution in [3.05, 3.63) is 82.5 Å². The lowest BCUT2D eigenvalue weighted by molar-refractivity contribution is 0.415. The number of nitrogens with zero attached hydrogens (tertiary/aromatic N) is 2. The second-order valence-electron chi connectivity index (χ2n) is 6.39. The largest absolute Gasteiger partial charge is 0.497 e. The van der Waals surface area contributed by atoms with Crippen LogP contribution in [0.15, 0.2) is 65.8 Å². The lowest BCUT2D eigenvalue weighted by Crippen LogP contribution is -2.16. The fourth-order valence-corrected chi connectivity index (χ4v) is 3.10. The van der Waals surface area contributed by atoms with Gasteiger partial charge in [-0.1, -0.05) is 43.7 Å². The number of ether oxygens (including phenoxy) is 1. The zero-order valence-electron chi connectivity index (χ0n) is 18.6. The van der Waals surface area contributed by atoms with Gasteiger partial charge in [-0.3, -0.25) is 0 Å². The molecule has 3 aromatic rings. The highest BCUT2D eigenvalue weighted by molar-refractivity contribution is 6.30. The van der Waals surface area contributed by atoms with Crippen LogP contribution >= 0.6 is 11.6 Å². The van der Waals surface area contributed by atoms with Crippen molar-refractivity contribution in [3.8, 4) is 5.75 Å². The summed E-state index contributed by atoms with van der Waals surface area (Å²) in [6, 6.07) is 14.9. The van der Waals surface area contributed by atoms with Crippen molar-refractivity contribution in [1.29, 1.82) is 0 Å². The Morgan fingerprint density at radius 3 is 2.48 bits per heavy atom. The monoisotopic (exact) mass is 436 g/mol. The summed E-state index contributed by atoms with van der Waals surface area (Å²) < 4.78 is 5.18. The molecule has 162 valence electrons. The van der Waals surface area contributed by atoms with Gasteiger partial charge in [-0.05, 0) is 61.9 Å². The molecule has 6 heteroatoms. The van der Waals surface area contributed by atoms with Crippen molar-refractivity contribution >= 4 is 40.7 Å². The van der Waals surface area contributed by atoms with Gasteiger partial charge in [0.15, 0.2) is 0 Å². The zero-order chi connectivity index (χ0) is 22.8. The highest BCUT2D eigenvalue weighted by atomic mass is 35.5. The van der Waals surface area contributed by atoms with Crippen molar-refractivity contribution in [2.24, 2.45) is 10.7 Å². The SMILES string of the molecule is C/C=C\c1c(Nc2cccc(Cl)c2)ncc(C(N)=Nc2ccc(OC)cc2)c1C.CC. The molecule has 0 unspecified atom stereocenters. The number of pyridine rings is 1. The Bertz CT molecular complexity index is 1060. The van der Waals surface area contributed by atoms with Gasteiger partial charge in [0.25, 0.3) is 0 Å². The van der Waals surface area contributed by atoms with Gasteiger partial charge in [-0.2, -0.15) is 0 Å². The molecule has 0 spiro atoms. The normalized spacial score (nSPS) is 11.1. The summed E-state index contributed by atoms with van der Waals surface area (Å²) in [5.41, 5.74) is 10.6. The van der Waals surface area contributed by atoms with E-state index in [2.05, 4.69) is 15.3 Å². The third-order valence-corrected chi connectivity index (χ3v) is 4.64. The first-order valence-corrected chi connectivity index (χ1v) is 10.5. The van der Waals surface area contributed by atoms with E-state index in [1.165, 1.54) is 0 Å². The quantitative estimate of drug-likeness (QED) is 0.326. The molecule has 31 heavy (non-hydrogen) atoms. The second-order valence-corrected chi connectivity index (χ2v) is 6.83. The third-order valence-electron chi connectivity index (χ3n) is 4.40. The predicted molar refractivity (Wildman–Crippen MR) is 133 cm³/mol. The number of anilines is 2. The molecule has 0 saturated carbocycles. The number of allylic oxidation sites excluding steroid dienone is 1. The smallest absolute Gasteiger partial charge is 0.137 e. The van der Waals surface area contributed by atoms with Crippen LogP contribution in [-0.2, 0) is 0 Å². The van der Waals surface area contributed by atoms with Gasteiger partial charge in [0, 0.05) is 28.0 Å². The Morgan fingerprint density at radius 2 is 1.87 bits per heavy atom. The number of amidine groups is 1. The molecule has 0 saturated heterocycles. The van der Waals surface area contributed by atoms with Crippen molar-refractivity contribution in [2.45, 2.75) is 27.7 Å². The molecular weight excluding hydrogens is 408 g/mol. The summed E-state index contributed by atoms with van der Waals surface area (Å²) in [5, 5.41) is 3.99. The van der Waals surface area contributed by atoms with Crippen LogP contribution in [0.25, 0.3) is 6.08 Å². The second kappa shape index (κ2) is 11.8. The predicted octanol–water partition coefficient (Wildman–Crippen LogP) is 6.89. The number of benzene rings is 2. The minimum Gasteiger partial charge on any atom is -0.497 e. The Hall–Kier alpha value is -3.31. The van der Waals surface area contributed by atoms with E-state index in [1.54, 1.807) is 13.3 Å². The number of nitrogens with one attached hydrogen (secondary N) is 1. The average molecular weight is 437 g/mol. The molecule has 0 amide bonds. The number of rotatable bonds is 6. The maximum Gasteiger partial charge on any atom is 0.137 e. The molecule has 3 rings (SSSR count). The van der Waals surface area contributed by atoms with Crippen LogP contribution in [-0.4, -0.2) is 17.9 Å². The summed E-state index contributed by atoms with van der Waals surface area (Å²) in [5.74, 6) is 1.90. The number of halogens is 1. The summed E-state index contributed by atoms with van der Waals surface area (Å²) in [7, 11) is 1.63. The van der Waals surface area contributed by atoms with E-state index in [0.29, 0.717) is 10.9 Å². The van der Waals surface area contributed by atoms with E-state index in [0.717, 1.165) is 39.6 Å². The van der Waals surface area contributed by atoms with Crippen molar-refractivity contribution in [1.82, 2.24) is 4.98 Å². The van der Waals surface area contributed by atoms with E-state index in [4.69, 9.17) is 22.1 Å². The van der Waals surface area contributed by atoms with Crippen LogP contribution in [0.1, 0.15) is 37.5 Å². The van der Waals surface area contributed by atoms with Gasteiger partial charge < -0.3 is 15.8 Å². The zero-order valence-corrected chi connectivity index (χ0v) is 19.4. The summed E-state index contributed by atoms with van der Waals surface area (Å²) in [6.07, 6.45) is 5.70. The van der Waals surface area contributed by atoms with Crippen molar-refractivity contribution < 1.29 is 4.74 Å². The van der Waals surface area contributed by atoms with E-state index in [9.17, 15) is 0 Å². The molecule has 2 aromatic carbocycles. The van der Waals surface area contributed by atoms with Gasteiger partial charge in [0.1, 0.15) is 17.4 Å². The van der Waals surface area contributed by atoms with Crippen LogP contribution < -0.4 is 15.8 Å². The van der Waals surface area contributed by atoms with Gasteiger partial charge in [0.2, 0.25) is 0 Å². The average Bonchev–Trinajstić information content (AvgIpc) is 2.78. The number of aliphatic imine (C=N–C) groups is 1. The Morgan fingerprint density at radius 1 is 1.16 bits per heavy atom. The summed E-state index contributed by atoms with van der Waals surface area (Å²) in [4.78, 5) is 9.12. The lowest BCUT2D eigenvalue weighted by Gasteiger charge is -2.14. The summed E-state index contributed by atoms with van der Waals surface area (Å²) >= 11 is 6.09. The Kier molecular flexibility index (Phi) is 9.10. The first kappa shape index (κ1) is 24.0. The highest BCUT2D eigenvalue weighted by Crippen LogP contribution is 2.27. The molecule has 1 aromatic heterocycles. The highest BCUT2D eigenvalue weighted by Gasteiger charge is 2.13. The Balaban J connectivity index is 0.00000166. The number of nitrogens with two attached hydrogens (primary N) is 1. The van der Waals surface area contributed by atoms with Crippen LogP contribution in [0.2, 0.25) is 5.02 Å². The van der Waals surface area contributed by atoms with Crippen molar-refractivity contribution in [2.75, 3.05) is 12.4 Å². The van der Waals surface area contributed by atoms with E-state index in [-0.39, 0.29) is 0 Å². The molecule has 0 fully saturated rings. The fraction of sp³-hybridized carbons (Fsp3) is 0.200. The molecular formula is C25H29ClN4O. The van der Waals surface area contributed by atoms with Gasteiger partial charge >= 0.3 is 0 Å². The maximum absolute atomic E-state index is 6.30. The van der Waals surface area contributed by atoms with E-state index >= 15 is 0 Å². The van der Waals surface area contributed by atoms with Crippen LogP contribution in [0.4, 0.5) is 17.2 Å². The minimum absolute atomic E-state index is 0.403. The first-order valence-electron chi connectivity index (χ1n) is 10.1. The molecule has 1 heterocycles. The van der Waals surface area contributed by atoms with Gasteiger partial charge in [0.05, 0.1) is 12.8 Å². The third kappa shape index (κ3) is 6.33. The number of hydrogen-bond donors (Lipinski definition) is 2. The van der Waals surface area contributed by atoms with E-state index in [1.807, 2.05) is 88.4 Å². The topological polar surface area (TPSA) is 72.5 Å². The molecule has 5 nitrogen and oxygen atoms in total.